The zero-order chi connectivity index (χ0) is 10.3. The van der Waals surface area contributed by atoms with Gasteiger partial charge in [-0.25, -0.2) is 0 Å². The minimum absolute atomic E-state index is 0.478. The van der Waals surface area contributed by atoms with E-state index in [0.29, 0.717) is 16.5 Å². The third-order valence-corrected chi connectivity index (χ3v) is 3.63. The maximum atomic E-state index is 10.3. The first kappa shape index (κ1) is 13.2. The number of nitrogens with zero attached hydrogens (tertiary/aromatic N) is 1. The molecule has 1 N–H and O–H groups in total. The van der Waals surface area contributed by atoms with Gasteiger partial charge in [-0.3, -0.25) is 4.55 Å². The van der Waals surface area contributed by atoms with Gasteiger partial charge in [-0.05, 0) is 44.3 Å². The van der Waals surface area contributed by atoms with Gasteiger partial charge in [0.05, 0.1) is 0 Å². The maximum absolute atomic E-state index is 10.3. The van der Waals surface area contributed by atoms with Crippen LogP contribution < -0.4 is 0 Å². The lowest BCUT2D eigenvalue weighted by atomic mass is 10.2. The summed E-state index contributed by atoms with van der Waals surface area (Å²) in [6.45, 7) is 1.02. The molecular formula is C7H17NO3S2. The highest BCUT2D eigenvalue weighted by Gasteiger charge is 2.03. The molecule has 0 spiro atoms. The van der Waals surface area contributed by atoms with E-state index in [4.69, 9.17) is 4.55 Å². The van der Waals surface area contributed by atoms with Gasteiger partial charge in [-0.15, -0.1) is 0 Å². The van der Waals surface area contributed by atoms with E-state index in [0.717, 1.165) is 25.8 Å². The third kappa shape index (κ3) is 12.2. The molecule has 0 aliphatic heterocycles. The van der Waals surface area contributed by atoms with E-state index in [1.165, 1.54) is 0 Å². The summed E-state index contributed by atoms with van der Waals surface area (Å²) in [6, 6.07) is 0. The molecule has 0 aliphatic carbocycles. The summed E-state index contributed by atoms with van der Waals surface area (Å²) < 4.78 is 29.0. The van der Waals surface area contributed by atoms with Crippen LogP contribution in [-0.2, 0) is 9.15 Å². The Morgan fingerprint density at radius 3 is 2.31 bits per heavy atom. The Hall–Kier alpha value is 0.220. The van der Waals surface area contributed by atoms with Gasteiger partial charge >= 0.3 is 9.15 Å². The van der Waals surface area contributed by atoms with Gasteiger partial charge in [-0.1, -0.05) is 6.42 Å². The number of unbranched alkanes of at least 4 members (excludes halogenated alkanes) is 2. The van der Waals surface area contributed by atoms with Crippen LogP contribution in [0.2, 0.25) is 0 Å². The topological polar surface area (TPSA) is 57.6 Å². The van der Waals surface area contributed by atoms with Gasteiger partial charge in [0.25, 0.3) is 0 Å². The Kier molecular flexibility index (Phi) is 6.75. The average molecular weight is 227 g/mol. The Labute approximate surface area is 83.8 Å². The van der Waals surface area contributed by atoms with Crippen molar-refractivity contribution in [2.45, 2.75) is 19.3 Å². The summed E-state index contributed by atoms with van der Waals surface area (Å²) in [5.41, 5.74) is 0. The lowest BCUT2D eigenvalue weighted by Gasteiger charge is -2.07. The Bertz CT molecular complexity index is 214. The maximum Gasteiger partial charge on any atom is 0.319 e. The Balaban J connectivity index is 3.18. The van der Waals surface area contributed by atoms with Crippen LogP contribution in [0, 0.1) is 0 Å². The predicted molar refractivity (Wildman–Crippen MR) is 56.4 cm³/mol. The minimum atomic E-state index is -3.82. The van der Waals surface area contributed by atoms with Crippen molar-refractivity contribution < 1.29 is 13.0 Å². The van der Waals surface area contributed by atoms with E-state index in [1.54, 1.807) is 0 Å². The van der Waals surface area contributed by atoms with Crippen LogP contribution in [-0.4, -0.2) is 44.3 Å². The summed E-state index contributed by atoms with van der Waals surface area (Å²) in [5.74, 6) is 0.478. The first-order chi connectivity index (χ1) is 5.92. The normalized spacial score (nSPS) is 12.3. The first-order valence-electron chi connectivity index (χ1n) is 4.18. The fraction of sp³-hybridized carbons (Fsp3) is 1.00. The van der Waals surface area contributed by atoms with Gasteiger partial charge in [-0.2, -0.15) is 8.42 Å². The largest absolute Gasteiger partial charge is 0.319 e. The number of hydrogen-bond donors (Lipinski definition) is 1. The number of rotatable bonds is 7. The van der Waals surface area contributed by atoms with Crippen LogP contribution in [0.5, 0.6) is 0 Å². The monoisotopic (exact) mass is 227 g/mol. The van der Waals surface area contributed by atoms with E-state index >= 15 is 0 Å². The van der Waals surface area contributed by atoms with Crippen molar-refractivity contribution in [3.63, 3.8) is 0 Å². The van der Waals surface area contributed by atoms with Crippen molar-refractivity contribution in [2.24, 2.45) is 0 Å². The molecule has 0 aliphatic rings. The molecule has 4 nitrogen and oxygen atoms in total. The van der Waals surface area contributed by atoms with Gasteiger partial charge < -0.3 is 4.90 Å². The lowest BCUT2D eigenvalue weighted by Crippen LogP contribution is -2.12. The van der Waals surface area contributed by atoms with Gasteiger partial charge in [0.15, 0.2) is 0 Å². The molecule has 0 radical (unpaired) electrons. The summed E-state index contributed by atoms with van der Waals surface area (Å²) in [7, 11) is 0.799. The molecule has 0 atom stereocenters. The summed E-state index contributed by atoms with van der Waals surface area (Å²) in [5, 5.41) is 0. The SMILES string of the molecule is CN(C)CCCCCSS(=O)(=O)O. The van der Waals surface area contributed by atoms with E-state index in [1.807, 2.05) is 14.1 Å². The summed E-state index contributed by atoms with van der Waals surface area (Å²) in [4.78, 5) is 2.09. The fourth-order valence-corrected chi connectivity index (χ4v) is 2.39. The van der Waals surface area contributed by atoms with E-state index in [9.17, 15) is 8.42 Å². The molecule has 0 saturated heterocycles. The van der Waals surface area contributed by atoms with Crippen LogP contribution in [0.25, 0.3) is 0 Å². The molecule has 0 aromatic rings. The van der Waals surface area contributed by atoms with Crippen LogP contribution in [0.15, 0.2) is 0 Å². The van der Waals surface area contributed by atoms with Crippen molar-refractivity contribution in [2.75, 3.05) is 26.4 Å². The third-order valence-electron chi connectivity index (χ3n) is 1.48. The van der Waals surface area contributed by atoms with Gasteiger partial charge in [0.1, 0.15) is 0 Å². The van der Waals surface area contributed by atoms with E-state index in [2.05, 4.69) is 4.90 Å². The second kappa shape index (κ2) is 6.64. The molecule has 0 fully saturated rings. The summed E-state index contributed by atoms with van der Waals surface area (Å²) in [6.07, 6.45) is 2.90. The van der Waals surface area contributed by atoms with Crippen molar-refractivity contribution in [3.8, 4) is 0 Å². The smallest absolute Gasteiger partial charge is 0.309 e. The molecule has 0 heterocycles. The fourth-order valence-electron chi connectivity index (χ4n) is 0.871. The second-order valence-electron chi connectivity index (χ2n) is 3.11. The molecular weight excluding hydrogens is 210 g/mol. The standard InChI is InChI=1S/C7H17NO3S2/c1-8(2)6-4-3-5-7-12-13(9,10)11/h3-7H2,1-2H3,(H,9,10,11). The highest BCUT2D eigenvalue weighted by molar-refractivity contribution is 8.69. The van der Waals surface area contributed by atoms with Crippen LogP contribution in [0.4, 0.5) is 0 Å². The zero-order valence-corrected chi connectivity index (χ0v) is 9.70. The molecule has 0 bridgehead atoms. The van der Waals surface area contributed by atoms with Crippen LogP contribution in [0.3, 0.4) is 0 Å². The van der Waals surface area contributed by atoms with E-state index < -0.39 is 9.15 Å². The van der Waals surface area contributed by atoms with Crippen LogP contribution in [0.1, 0.15) is 19.3 Å². The highest BCUT2D eigenvalue weighted by Crippen LogP contribution is 2.12. The van der Waals surface area contributed by atoms with Crippen LogP contribution >= 0.6 is 10.8 Å². The lowest BCUT2D eigenvalue weighted by molar-refractivity contribution is 0.394. The van der Waals surface area contributed by atoms with E-state index in [-0.39, 0.29) is 0 Å². The average Bonchev–Trinajstić information content (AvgIpc) is 1.93. The van der Waals surface area contributed by atoms with Crippen molar-refractivity contribution >= 4 is 19.9 Å². The second-order valence-corrected chi connectivity index (χ2v) is 6.58. The van der Waals surface area contributed by atoms with Crippen molar-refractivity contribution in [3.05, 3.63) is 0 Å². The molecule has 0 rings (SSSR count). The molecule has 0 unspecified atom stereocenters. The number of hydrogen-bond acceptors (Lipinski definition) is 4. The summed E-state index contributed by atoms with van der Waals surface area (Å²) >= 11 is 0. The van der Waals surface area contributed by atoms with Gasteiger partial charge in [0.2, 0.25) is 0 Å². The molecule has 0 aromatic heterocycles. The quantitative estimate of drug-likeness (QED) is 0.403. The minimum Gasteiger partial charge on any atom is -0.309 e. The molecule has 6 heteroatoms. The molecule has 13 heavy (non-hydrogen) atoms. The molecule has 0 amide bonds. The highest BCUT2D eigenvalue weighted by atomic mass is 33.1. The van der Waals surface area contributed by atoms with Gasteiger partial charge in [0, 0.05) is 5.75 Å². The van der Waals surface area contributed by atoms with Crippen molar-refractivity contribution in [1.29, 1.82) is 0 Å². The Morgan fingerprint density at radius 2 is 1.85 bits per heavy atom. The zero-order valence-electron chi connectivity index (χ0n) is 8.06. The molecule has 0 saturated carbocycles. The predicted octanol–water partition coefficient (Wildman–Crippen LogP) is 1.25. The van der Waals surface area contributed by atoms with Crippen molar-refractivity contribution in [1.82, 2.24) is 4.90 Å². The first-order valence-corrected chi connectivity index (χ1v) is 7.12. The Morgan fingerprint density at radius 1 is 1.23 bits per heavy atom. The molecule has 0 aromatic carbocycles. The molecule has 80 valence electrons.